The van der Waals surface area contributed by atoms with E-state index in [4.69, 9.17) is 9.47 Å². The van der Waals surface area contributed by atoms with Crippen LogP contribution in [0.2, 0.25) is 0 Å². The third-order valence-electron chi connectivity index (χ3n) is 2.79. The Labute approximate surface area is 87.2 Å². The van der Waals surface area contributed by atoms with E-state index in [-0.39, 0.29) is 12.7 Å². The van der Waals surface area contributed by atoms with Gasteiger partial charge < -0.3 is 14.8 Å². The van der Waals surface area contributed by atoms with E-state index in [1.54, 1.807) is 0 Å². The van der Waals surface area contributed by atoms with Crippen molar-refractivity contribution in [2.75, 3.05) is 13.3 Å². The van der Waals surface area contributed by atoms with Crippen molar-refractivity contribution in [3.63, 3.8) is 0 Å². The highest BCUT2D eigenvalue weighted by Gasteiger charge is 2.28. The first kappa shape index (κ1) is 8.73. The van der Waals surface area contributed by atoms with Gasteiger partial charge >= 0.3 is 0 Å². The molecule has 0 fully saturated rings. The van der Waals surface area contributed by atoms with Crippen molar-refractivity contribution in [3.05, 3.63) is 29.3 Å². The number of nitrogens with one attached hydrogen (secondary N) is 1. The molecule has 2 aliphatic rings. The minimum absolute atomic E-state index is 0.0728. The van der Waals surface area contributed by atoms with Crippen LogP contribution in [0.1, 0.15) is 17.2 Å². The molecule has 1 atom stereocenters. The first-order chi connectivity index (χ1) is 7.34. The molecular formula is C11H11NO3. The van der Waals surface area contributed by atoms with Crippen LogP contribution < -0.4 is 10.1 Å². The molecule has 0 radical (unpaired) electrons. The summed E-state index contributed by atoms with van der Waals surface area (Å²) >= 11 is 0. The van der Waals surface area contributed by atoms with E-state index in [1.165, 1.54) is 0 Å². The maximum Gasteiger partial charge on any atom is 0.253 e. The molecule has 0 saturated carbocycles. The molecule has 4 heteroatoms. The van der Waals surface area contributed by atoms with E-state index < -0.39 is 6.10 Å². The first-order valence-electron chi connectivity index (χ1n) is 4.99. The highest BCUT2D eigenvalue weighted by molar-refractivity contribution is 5.83. The number of amides is 1. The van der Waals surface area contributed by atoms with Gasteiger partial charge in [-0.1, -0.05) is 6.07 Å². The number of hydrogen-bond acceptors (Lipinski definition) is 3. The minimum atomic E-state index is -0.509. The van der Waals surface area contributed by atoms with Gasteiger partial charge in [0, 0.05) is 6.54 Å². The van der Waals surface area contributed by atoms with E-state index in [2.05, 4.69) is 5.32 Å². The van der Waals surface area contributed by atoms with E-state index in [0.29, 0.717) is 6.54 Å². The molecule has 1 N–H and O–H groups in total. The predicted octanol–water partition coefficient (Wildman–Crippen LogP) is 0.766. The van der Waals surface area contributed by atoms with Gasteiger partial charge in [-0.2, -0.15) is 0 Å². The lowest BCUT2D eigenvalue weighted by molar-refractivity contribution is -0.137. The number of benzene rings is 1. The highest BCUT2D eigenvalue weighted by Crippen LogP contribution is 2.30. The van der Waals surface area contributed by atoms with Gasteiger partial charge in [0.15, 0.2) is 12.9 Å². The van der Waals surface area contributed by atoms with Gasteiger partial charge in [0.25, 0.3) is 5.91 Å². The Morgan fingerprint density at radius 3 is 3.27 bits per heavy atom. The molecule has 1 unspecified atom stereocenters. The van der Waals surface area contributed by atoms with Gasteiger partial charge in [0.05, 0.1) is 0 Å². The van der Waals surface area contributed by atoms with Gasteiger partial charge in [-0.25, -0.2) is 0 Å². The summed E-state index contributed by atoms with van der Waals surface area (Å²) in [5, 5.41) is 2.83. The maximum atomic E-state index is 11.7. The zero-order valence-corrected chi connectivity index (χ0v) is 8.16. The lowest BCUT2D eigenvalue weighted by Gasteiger charge is -2.12. The average Bonchev–Trinajstić information content (AvgIpc) is 2.48. The molecule has 4 nitrogen and oxygen atoms in total. The smallest absolute Gasteiger partial charge is 0.253 e. The van der Waals surface area contributed by atoms with Gasteiger partial charge in [-0.05, 0) is 29.7 Å². The molecular weight excluding hydrogens is 194 g/mol. The standard InChI is InChI=1S/C11H11NO3/c13-11-10-9-5-8(14-6-15-10)2-1-7(9)3-4-12-11/h1-2,5,10H,3-4,6H2,(H,12,13). The van der Waals surface area contributed by atoms with Crippen molar-refractivity contribution in [2.24, 2.45) is 0 Å². The molecule has 1 aromatic rings. The van der Waals surface area contributed by atoms with Crippen molar-refractivity contribution >= 4 is 5.91 Å². The van der Waals surface area contributed by atoms with Crippen LogP contribution in [0.3, 0.4) is 0 Å². The number of carbonyl (C=O) groups excluding carboxylic acids is 1. The highest BCUT2D eigenvalue weighted by atomic mass is 16.7. The topological polar surface area (TPSA) is 47.6 Å². The second-order valence-corrected chi connectivity index (χ2v) is 3.71. The molecule has 0 saturated heterocycles. The Morgan fingerprint density at radius 1 is 1.40 bits per heavy atom. The van der Waals surface area contributed by atoms with Crippen LogP contribution in [0.4, 0.5) is 0 Å². The quantitative estimate of drug-likeness (QED) is 0.680. The van der Waals surface area contributed by atoms with E-state index in [1.807, 2.05) is 18.2 Å². The van der Waals surface area contributed by atoms with Crippen molar-refractivity contribution < 1.29 is 14.3 Å². The fraction of sp³-hybridized carbons (Fsp3) is 0.364. The minimum Gasteiger partial charge on any atom is -0.468 e. The second kappa shape index (κ2) is 3.24. The summed E-state index contributed by atoms with van der Waals surface area (Å²) in [4.78, 5) is 11.7. The second-order valence-electron chi connectivity index (χ2n) is 3.71. The van der Waals surface area contributed by atoms with Crippen molar-refractivity contribution in [1.29, 1.82) is 0 Å². The van der Waals surface area contributed by atoms with Crippen molar-refractivity contribution in [3.8, 4) is 5.75 Å². The largest absolute Gasteiger partial charge is 0.468 e. The van der Waals surface area contributed by atoms with Crippen LogP contribution in [0.15, 0.2) is 18.2 Å². The number of hydrogen-bond donors (Lipinski definition) is 1. The molecule has 15 heavy (non-hydrogen) atoms. The Kier molecular flexibility index (Phi) is 1.89. The summed E-state index contributed by atoms with van der Waals surface area (Å²) in [5.41, 5.74) is 2.10. The van der Waals surface area contributed by atoms with Gasteiger partial charge in [0.2, 0.25) is 0 Å². The van der Waals surface area contributed by atoms with Crippen LogP contribution in [0.5, 0.6) is 5.75 Å². The molecule has 78 valence electrons. The summed E-state index contributed by atoms with van der Waals surface area (Å²) in [5.74, 6) is 0.697. The SMILES string of the molecule is O=C1NCCc2ccc3cc2C1OCO3. The summed E-state index contributed by atoms with van der Waals surface area (Å²) in [6, 6.07) is 5.82. The van der Waals surface area contributed by atoms with E-state index >= 15 is 0 Å². The third kappa shape index (κ3) is 1.37. The van der Waals surface area contributed by atoms with E-state index in [9.17, 15) is 4.79 Å². The van der Waals surface area contributed by atoms with Crippen molar-refractivity contribution in [1.82, 2.24) is 5.32 Å². The summed E-state index contributed by atoms with van der Waals surface area (Å²) in [6.45, 7) is 0.803. The Morgan fingerprint density at radius 2 is 2.33 bits per heavy atom. The fourth-order valence-corrected chi connectivity index (χ4v) is 2.02. The van der Waals surface area contributed by atoms with Crippen LogP contribution in [0, 0.1) is 0 Å². The maximum absolute atomic E-state index is 11.7. The molecule has 0 aromatic heterocycles. The molecule has 3 rings (SSSR count). The number of ether oxygens (including phenoxy) is 2. The van der Waals surface area contributed by atoms with E-state index in [0.717, 1.165) is 23.3 Å². The molecule has 2 aliphatic heterocycles. The number of rotatable bonds is 0. The molecule has 2 heterocycles. The summed E-state index contributed by atoms with van der Waals surface area (Å²) < 4.78 is 10.7. The lowest BCUT2D eigenvalue weighted by Crippen LogP contribution is -2.29. The van der Waals surface area contributed by atoms with Crippen molar-refractivity contribution in [2.45, 2.75) is 12.5 Å². The third-order valence-corrected chi connectivity index (χ3v) is 2.79. The monoisotopic (exact) mass is 205 g/mol. The number of fused-ring (bicyclic) bond motifs is 1. The molecule has 1 amide bonds. The first-order valence-corrected chi connectivity index (χ1v) is 4.99. The predicted molar refractivity (Wildman–Crippen MR) is 52.5 cm³/mol. The van der Waals surface area contributed by atoms with Gasteiger partial charge in [-0.15, -0.1) is 0 Å². The zero-order chi connectivity index (χ0) is 10.3. The molecule has 0 aliphatic carbocycles. The summed E-state index contributed by atoms with van der Waals surface area (Å²) in [7, 11) is 0. The lowest BCUT2D eigenvalue weighted by atomic mass is 10.0. The molecule has 1 aromatic carbocycles. The van der Waals surface area contributed by atoms with Crippen LogP contribution >= 0.6 is 0 Å². The number of carbonyl (C=O) groups is 1. The van der Waals surface area contributed by atoms with Gasteiger partial charge in [-0.3, -0.25) is 4.79 Å². The van der Waals surface area contributed by atoms with Crippen LogP contribution in [-0.2, 0) is 16.0 Å². The van der Waals surface area contributed by atoms with Crippen LogP contribution in [-0.4, -0.2) is 19.2 Å². The fourth-order valence-electron chi connectivity index (χ4n) is 2.02. The molecule has 0 spiro atoms. The molecule has 2 bridgehead atoms. The Balaban J connectivity index is 2.15. The Hall–Kier alpha value is -1.55. The van der Waals surface area contributed by atoms with Crippen LogP contribution in [0.25, 0.3) is 0 Å². The Bertz CT molecular complexity index is 416. The normalized spacial score (nSPS) is 23.5. The van der Waals surface area contributed by atoms with Gasteiger partial charge in [0.1, 0.15) is 5.75 Å². The average molecular weight is 205 g/mol. The summed E-state index contributed by atoms with van der Waals surface area (Å²) in [6.07, 6.45) is 0.339. The zero-order valence-electron chi connectivity index (χ0n) is 8.16.